The van der Waals surface area contributed by atoms with E-state index in [1.54, 1.807) is 25.1 Å². The van der Waals surface area contributed by atoms with Crippen molar-refractivity contribution in [3.8, 4) is 6.07 Å². The van der Waals surface area contributed by atoms with Gasteiger partial charge in [0.25, 0.3) is 11.8 Å². The van der Waals surface area contributed by atoms with Gasteiger partial charge in [-0.3, -0.25) is 9.59 Å². The number of para-hydroxylation sites is 2. The molecule has 2 aromatic carbocycles. The lowest BCUT2D eigenvalue weighted by molar-refractivity contribution is -0.122. The highest BCUT2D eigenvalue weighted by atomic mass is 16.2. The van der Waals surface area contributed by atoms with Gasteiger partial charge in [-0.1, -0.05) is 50.2 Å². The number of hydrogen-bond donors (Lipinski definition) is 0. The van der Waals surface area contributed by atoms with Gasteiger partial charge >= 0.3 is 0 Å². The first-order valence-corrected chi connectivity index (χ1v) is 11.7. The molecule has 3 heterocycles. The number of allylic oxidation sites excluding steroid dienone is 3. The van der Waals surface area contributed by atoms with Crippen molar-refractivity contribution in [1.29, 1.82) is 5.26 Å². The summed E-state index contributed by atoms with van der Waals surface area (Å²) < 4.78 is 0. The molecule has 0 atom stereocenters. The van der Waals surface area contributed by atoms with Crippen molar-refractivity contribution in [2.45, 2.75) is 46.0 Å². The molecule has 0 fully saturated rings. The van der Waals surface area contributed by atoms with Gasteiger partial charge in [0, 0.05) is 28.9 Å². The summed E-state index contributed by atoms with van der Waals surface area (Å²) in [5, 5.41) is 9.75. The van der Waals surface area contributed by atoms with Gasteiger partial charge in [-0.25, -0.2) is 4.90 Å². The zero-order valence-corrected chi connectivity index (χ0v) is 20.0. The molecule has 0 aromatic heterocycles. The van der Waals surface area contributed by atoms with Crippen LogP contribution in [0.25, 0.3) is 0 Å². The number of amides is 2. The van der Waals surface area contributed by atoms with Gasteiger partial charge in [-0.05, 0) is 67.2 Å². The van der Waals surface area contributed by atoms with E-state index in [0.29, 0.717) is 16.8 Å². The molecule has 0 aliphatic carbocycles. The van der Waals surface area contributed by atoms with Crippen molar-refractivity contribution in [1.82, 2.24) is 0 Å². The van der Waals surface area contributed by atoms with Crippen LogP contribution in [0, 0.1) is 18.3 Å². The minimum Gasteiger partial charge on any atom is -0.344 e. The van der Waals surface area contributed by atoms with Crippen LogP contribution in [0.15, 0.2) is 77.0 Å². The summed E-state index contributed by atoms with van der Waals surface area (Å²) in [5.41, 5.74) is 6.96. The topological polar surface area (TPSA) is 64.4 Å². The Balaban J connectivity index is 1.65. The highest BCUT2D eigenvalue weighted by Gasteiger charge is 2.42. The molecule has 0 unspecified atom stereocenters. The van der Waals surface area contributed by atoms with E-state index in [2.05, 4.69) is 36.9 Å². The van der Waals surface area contributed by atoms with Crippen LogP contribution in [0.1, 0.15) is 43.9 Å². The summed E-state index contributed by atoms with van der Waals surface area (Å²) in [7, 11) is 0. The van der Waals surface area contributed by atoms with Crippen LogP contribution in [-0.4, -0.2) is 18.4 Å². The standard InChI is InChI=1S/C29H27N3O2/c1-18-9-5-6-13-24(18)32-27(33)21(19(2)22(17-30)28(32)34)14-15-25-29(3,4)23-12-7-10-20-11-8-16-31(25)26(20)23/h5-7,9-10,12-15H,8,11,16H2,1-4H3/b21-14+,25-15-. The number of rotatable bonds is 2. The average molecular weight is 450 g/mol. The summed E-state index contributed by atoms with van der Waals surface area (Å²) in [6.45, 7) is 8.88. The number of hydrogen-bond acceptors (Lipinski definition) is 4. The van der Waals surface area contributed by atoms with Crippen molar-refractivity contribution >= 4 is 23.2 Å². The van der Waals surface area contributed by atoms with Crippen LogP contribution in [0.3, 0.4) is 0 Å². The second-order valence-electron chi connectivity index (χ2n) is 9.67. The molecule has 3 aliphatic rings. The van der Waals surface area contributed by atoms with E-state index in [0.717, 1.165) is 35.5 Å². The lowest BCUT2D eigenvalue weighted by atomic mass is 9.83. The third kappa shape index (κ3) is 3.06. The Labute approximate surface area is 200 Å². The lowest BCUT2D eigenvalue weighted by Gasteiger charge is -2.31. The van der Waals surface area contributed by atoms with Crippen LogP contribution >= 0.6 is 0 Å². The summed E-state index contributed by atoms with van der Waals surface area (Å²) in [4.78, 5) is 30.2. The fraction of sp³-hybridized carbons (Fsp3) is 0.276. The monoisotopic (exact) mass is 449 g/mol. The summed E-state index contributed by atoms with van der Waals surface area (Å²) >= 11 is 0. The number of imide groups is 1. The fourth-order valence-electron chi connectivity index (χ4n) is 5.47. The van der Waals surface area contributed by atoms with Crippen molar-refractivity contribution < 1.29 is 9.59 Å². The van der Waals surface area contributed by atoms with Crippen LogP contribution < -0.4 is 9.80 Å². The molecule has 3 aliphatic heterocycles. The number of carbonyl (C=O) groups excluding carboxylic acids is 2. The molecular formula is C29H27N3O2. The third-order valence-corrected chi connectivity index (χ3v) is 7.33. The molecule has 34 heavy (non-hydrogen) atoms. The van der Waals surface area contributed by atoms with E-state index >= 15 is 0 Å². The van der Waals surface area contributed by atoms with Gasteiger partial charge in [0.15, 0.2) is 0 Å². The summed E-state index contributed by atoms with van der Waals surface area (Å²) in [6.07, 6.45) is 5.95. The molecule has 170 valence electrons. The van der Waals surface area contributed by atoms with Crippen molar-refractivity contribution in [2.24, 2.45) is 0 Å². The second-order valence-corrected chi connectivity index (χ2v) is 9.67. The summed E-state index contributed by atoms with van der Waals surface area (Å²) in [5.74, 6) is -0.973. The molecular weight excluding hydrogens is 422 g/mol. The normalized spacial score (nSPS) is 21.4. The van der Waals surface area contributed by atoms with Gasteiger partial charge in [0.1, 0.15) is 11.6 Å². The van der Waals surface area contributed by atoms with Gasteiger partial charge in [-0.15, -0.1) is 0 Å². The third-order valence-electron chi connectivity index (χ3n) is 7.33. The number of nitriles is 1. The second kappa shape index (κ2) is 7.85. The van der Waals surface area contributed by atoms with E-state index in [1.165, 1.54) is 16.8 Å². The Morgan fingerprint density at radius 3 is 2.50 bits per heavy atom. The molecule has 0 spiro atoms. The van der Waals surface area contributed by atoms with E-state index < -0.39 is 11.8 Å². The largest absolute Gasteiger partial charge is 0.344 e. The summed E-state index contributed by atoms with van der Waals surface area (Å²) in [6, 6.07) is 15.8. The van der Waals surface area contributed by atoms with Crippen molar-refractivity contribution in [2.75, 3.05) is 16.3 Å². The Hall–Kier alpha value is -3.91. The van der Waals surface area contributed by atoms with Gasteiger partial charge in [0.2, 0.25) is 0 Å². The quantitative estimate of drug-likeness (QED) is 0.463. The minimum atomic E-state index is -0.571. The van der Waals surface area contributed by atoms with Crippen LogP contribution in [0.4, 0.5) is 11.4 Å². The smallest absolute Gasteiger partial charge is 0.276 e. The fourth-order valence-corrected chi connectivity index (χ4v) is 5.47. The highest BCUT2D eigenvalue weighted by Crippen LogP contribution is 2.51. The highest BCUT2D eigenvalue weighted by molar-refractivity contribution is 6.31. The first kappa shape index (κ1) is 21.9. The minimum absolute atomic E-state index is 0.00160. The number of benzene rings is 2. The first-order valence-electron chi connectivity index (χ1n) is 11.7. The van der Waals surface area contributed by atoms with Crippen LogP contribution in [-0.2, 0) is 21.4 Å². The van der Waals surface area contributed by atoms with Crippen molar-refractivity contribution in [3.05, 3.63) is 93.7 Å². The molecule has 0 N–H and O–H groups in total. The number of aryl methyl sites for hydroxylation is 2. The molecule has 5 nitrogen and oxygen atoms in total. The van der Waals surface area contributed by atoms with E-state index in [1.807, 2.05) is 31.2 Å². The molecule has 2 amide bonds. The van der Waals surface area contributed by atoms with Gasteiger partial charge in [-0.2, -0.15) is 5.26 Å². The van der Waals surface area contributed by atoms with Gasteiger partial charge in [0.05, 0.1) is 5.69 Å². The zero-order valence-electron chi connectivity index (χ0n) is 20.0. The Morgan fingerprint density at radius 1 is 1.00 bits per heavy atom. The number of carbonyl (C=O) groups is 2. The predicted octanol–water partition coefficient (Wildman–Crippen LogP) is 5.26. The Morgan fingerprint density at radius 2 is 1.76 bits per heavy atom. The molecule has 0 saturated carbocycles. The van der Waals surface area contributed by atoms with Crippen molar-refractivity contribution in [3.63, 3.8) is 0 Å². The molecule has 0 saturated heterocycles. The Bertz CT molecular complexity index is 1380. The number of anilines is 2. The average Bonchev–Trinajstić information content (AvgIpc) is 3.03. The molecule has 5 heteroatoms. The van der Waals surface area contributed by atoms with Crippen LogP contribution in [0.5, 0.6) is 0 Å². The zero-order chi connectivity index (χ0) is 24.2. The van der Waals surface area contributed by atoms with Gasteiger partial charge < -0.3 is 4.90 Å². The number of nitrogens with zero attached hydrogens (tertiary/aromatic N) is 3. The Kier molecular flexibility index (Phi) is 5.06. The van der Waals surface area contributed by atoms with E-state index in [-0.39, 0.29) is 11.0 Å². The molecule has 0 radical (unpaired) electrons. The molecule has 0 bridgehead atoms. The maximum Gasteiger partial charge on any atom is 0.276 e. The predicted molar refractivity (Wildman–Crippen MR) is 133 cm³/mol. The molecule has 2 aromatic rings. The SMILES string of the molecule is CC1=C(C#N)C(=O)N(c2ccccc2C)C(=O)/C1=C/C=C1\N2CCCc3cccc(c32)C1(C)C. The lowest BCUT2D eigenvalue weighted by Crippen LogP contribution is -2.43. The first-order chi connectivity index (χ1) is 16.3. The van der Waals surface area contributed by atoms with Crippen LogP contribution in [0.2, 0.25) is 0 Å². The van der Waals surface area contributed by atoms with E-state index in [9.17, 15) is 14.9 Å². The van der Waals surface area contributed by atoms with E-state index in [4.69, 9.17) is 0 Å². The maximum absolute atomic E-state index is 13.6. The molecule has 5 rings (SSSR count). The maximum atomic E-state index is 13.6.